The molecular formula is C30H35N5O2. The number of imidazole rings is 1. The van der Waals surface area contributed by atoms with E-state index in [1.807, 2.05) is 25.1 Å². The van der Waals surface area contributed by atoms with E-state index >= 15 is 0 Å². The van der Waals surface area contributed by atoms with E-state index in [-0.39, 0.29) is 5.91 Å². The molecule has 2 N–H and O–H groups in total. The number of carbonyl (C=O) groups excluding carboxylic acids is 1. The third-order valence-corrected chi connectivity index (χ3v) is 7.04. The van der Waals surface area contributed by atoms with E-state index in [4.69, 9.17) is 9.72 Å². The van der Waals surface area contributed by atoms with Crippen LogP contribution in [0.4, 0.5) is 11.6 Å². The average Bonchev–Trinajstić information content (AvgIpc) is 3.06. The molecule has 5 rings (SSSR count). The van der Waals surface area contributed by atoms with Gasteiger partial charge in [-0.3, -0.25) is 9.78 Å². The van der Waals surface area contributed by atoms with E-state index in [9.17, 15) is 4.79 Å². The maximum Gasteiger partial charge on any atom is 0.270 e. The summed E-state index contributed by atoms with van der Waals surface area (Å²) in [4.78, 5) is 21.2. The molecule has 2 aromatic carbocycles. The van der Waals surface area contributed by atoms with Crippen LogP contribution in [-0.4, -0.2) is 27.0 Å². The number of nitrogens with one attached hydrogen (secondary N) is 2. The Morgan fingerprint density at radius 3 is 2.59 bits per heavy atom. The number of anilines is 2. The van der Waals surface area contributed by atoms with Crippen molar-refractivity contribution in [3.63, 3.8) is 0 Å². The Balaban J connectivity index is 1.37. The number of benzene rings is 2. The second-order valence-corrected chi connectivity index (χ2v) is 9.61. The summed E-state index contributed by atoms with van der Waals surface area (Å²) in [7, 11) is 0. The van der Waals surface area contributed by atoms with Gasteiger partial charge in [0.25, 0.3) is 5.91 Å². The van der Waals surface area contributed by atoms with Crippen LogP contribution in [0.1, 0.15) is 74.3 Å². The van der Waals surface area contributed by atoms with Gasteiger partial charge in [0.2, 0.25) is 5.95 Å². The number of carbonyl (C=O) groups is 1. The summed E-state index contributed by atoms with van der Waals surface area (Å²) in [6.45, 7) is 5.34. The predicted octanol–water partition coefficient (Wildman–Crippen LogP) is 7.17. The minimum atomic E-state index is -0.219. The van der Waals surface area contributed by atoms with Crippen molar-refractivity contribution < 1.29 is 9.53 Å². The van der Waals surface area contributed by atoms with Gasteiger partial charge in [0, 0.05) is 37.1 Å². The average molecular weight is 498 g/mol. The van der Waals surface area contributed by atoms with E-state index in [1.165, 1.54) is 44.1 Å². The summed E-state index contributed by atoms with van der Waals surface area (Å²) in [5, 5.41) is 6.33. The molecule has 2 aromatic heterocycles. The fraction of sp³-hybridized carbons (Fsp3) is 0.367. The van der Waals surface area contributed by atoms with Gasteiger partial charge in [0.05, 0.1) is 11.0 Å². The topological polar surface area (TPSA) is 81.1 Å². The summed E-state index contributed by atoms with van der Waals surface area (Å²) in [6, 6.07) is 18.1. The molecule has 0 aliphatic heterocycles. The summed E-state index contributed by atoms with van der Waals surface area (Å²) in [5.41, 5.74) is 4.70. The fourth-order valence-corrected chi connectivity index (χ4v) is 5.19. The van der Waals surface area contributed by atoms with Crippen molar-refractivity contribution in [1.29, 1.82) is 0 Å². The number of nitrogens with zero attached hydrogens (tertiary/aromatic N) is 3. The van der Waals surface area contributed by atoms with Crippen molar-refractivity contribution in [1.82, 2.24) is 19.9 Å². The molecular weight excluding hydrogens is 462 g/mol. The highest BCUT2D eigenvalue weighted by atomic mass is 16.5. The largest absolute Gasteiger partial charge is 0.457 e. The van der Waals surface area contributed by atoms with Gasteiger partial charge in [-0.05, 0) is 68.5 Å². The number of ether oxygens (including phenoxy) is 1. The zero-order valence-electron chi connectivity index (χ0n) is 21.7. The normalized spacial score (nSPS) is 14.3. The predicted molar refractivity (Wildman–Crippen MR) is 148 cm³/mol. The molecule has 37 heavy (non-hydrogen) atoms. The quantitative estimate of drug-likeness (QED) is 0.252. The monoisotopic (exact) mass is 497 g/mol. The summed E-state index contributed by atoms with van der Waals surface area (Å²) in [5.74, 6) is 2.46. The molecule has 1 aliphatic carbocycles. The summed E-state index contributed by atoms with van der Waals surface area (Å²) < 4.78 is 8.24. The first-order valence-electron chi connectivity index (χ1n) is 13.4. The van der Waals surface area contributed by atoms with Crippen LogP contribution in [0, 0.1) is 0 Å². The van der Waals surface area contributed by atoms with Crippen LogP contribution in [-0.2, 0) is 6.54 Å². The highest BCUT2D eigenvalue weighted by Gasteiger charge is 2.16. The first kappa shape index (κ1) is 24.8. The Labute approximate surface area is 218 Å². The van der Waals surface area contributed by atoms with Crippen LogP contribution >= 0.6 is 0 Å². The van der Waals surface area contributed by atoms with Gasteiger partial charge in [-0.15, -0.1) is 0 Å². The van der Waals surface area contributed by atoms with Gasteiger partial charge in [-0.25, -0.2) is 4.98 Å². The number of rotatable bonds is 8. The van der Waals surface area contributed by atoms with E-state index in [0.29, 0.717) is 29.7 Å². The lowest BCUT2D eigenvalue weighted by Crippen LogP contribution is -2.23. The third-order valence-electron chi connectivity index (χ3n) is 7.04. The van der Waals surface area contributed by atoms with Gasteiger partial charge < -0.3 is 19.9 Å². The minimum Gasteiger partial charge on any atom is -0.457 e. The summed E-state index contributed by atoms with van der Waals surface area (Å²) >= 11 is 0. The molecule has 0 unspecified atom stereocenters. The van der Waals surface area contributed by atoms with E-state index < -0.39 is 0 Å². The smallest absolute Gasteiger partial charge is 0.270 e. The molecule has 1 aliphatic rings. The van der Waals surface area contributed by atoms with Crippen LogP contribution in [0.3, 0.4) is 0 Å². The first-order chi connectivity index (χ1) is 18.1. The highest BCUT2D eigenvalue weighted by Crippen LogP contribution is 2.34. The van der Waals surface area contributed by atoms with Crippen molar-refractivity contribution in [2.45, 2.75) is 64.8 Å². The SMILES string of the molecule is CCNC(=O)c1cc(Oc2ccc3c(c2)nc(Nc2cccc(C4CCCCCC4)c2)n3CC)ccn1. The van der Waals surface area contributed by atoms with Crippen molar-refractivity contribution in [3.8, 4) is 11.5 Å². The van der Waals surface area contributed by atoms with E-state index in [1.54, 1.807) is 18.3 Å². The molecule has 0 spiro atoms. The van der Waals surface area contributed by atoms with Gasteiger partial charge >= 0.3 is 0 Å². The van der Waals surface area contributed by atoms with Crippen molar-refractivity contribution in [3.05, 3.63) is 72.1 Å². The van der Waals surface area contributed by atoms with Gasteiger partial charge in [-0.1, -0.05) is 37.8 Å². The fourth-order valence-electron chi connectivity index (χ4n) is 5.19. The first-order valence-corrected chi connectivity index (χ1v) is 13.4. The number of hydrogen-bond donors (Lipinski definition) is 2. The zero-order valence-corrected chi connectivity index (χ0v) is 21.7. The van der Waals surface area contributed by atoms with Crippen molar-refractivity contribution in [2.24, 2.45) is 0 Å². The number of aryl methyl sites for hydroxylation is 1. The lowest BCUT2D eigenvalue weighted by atomic mass is 9.91. The Kier molecular flexibility index (Phi) is 7.68. The molecule has 0 atom stereocenters. The molecule has 0 radical (unpaired) electrons. The number of pyridine rings is 1. The molecule has 0 saturated heterocycles. The van der Waals surface area contributed by atoms with Crippen molar-refractivity contribution in [2.75, 3.05) is 11.9 Å². The third kappa shape index (κ3) is 5.77. The van der Waals surface area contributed by atoms with Gasteiger partial charge in [-0.2, -0.15) is 0 Å². The highest BCUT2D eigenvalue weighted by molar-refractivity contribution is 5.92. The second kappa shape index (κ2) is 11.5. The Morgan fingerprint density at radius 1 is 1.00 bits per heavy atom. The van der Waals surface area contributed by atoms with Crippen LogP contribution in [0.2, 0.25) is 0 Å². The summed E-state index contributed by atoms with van der Waals surface area (Å²) in [6.07, 6.45) is 9.50. The molecule has 1 saturated carbocycles. The number of hydrogen-bond acceptors (Lipinski definition) is 5. The Hall–Kier alpha value is -3.87. The molecule has 1 amide bonds. The number of aromatic nitrogens is 3. The zero-order chi connectivity index (χ0) is 25.6. The number of amides is 1. The lowest BCUT2D eigenvalue weighted by molar-refractivity contribution is 0.0950. The molecule has 7 heteroatoms. The maximum absolute atomic E-state index is 12.1. The number of fused-ring (bicyclic) bond motifs is 1. The van der Waals surface area contributed by atoms with Crippen LogP contribution in [0.15, 0.2) is 60.8 Å². The second-order valence-electron chi connectivity index (χ2n) is 9.61. The van der Waals surface area contributed by atoms with Gasteiger partial charge in [0.15, 0.2) is 0 Å². The standard InChI is InChI=1S/C30H35N5O2/c1-3-31-29(36)27-20-25(16-17-32-27)37-24-14-15-28-26(19-24)34-30(35(28)4-2)33-23-13-9-12-22(18-23)21-10-7-5-6-8-11-21/h9,12-21H,3-8,10-11H2,1-2H3,(H,31,36)(H,33,34). The van der Waals surface area contributed by atoms with E-state index in [2.05, 4.69) is 51.4 Å². The molecule has 1 fully saturated rings. The molecule has 0 bridgehead atoms. The minimum absolute atomic E-state index is 0.219. The Morgan fingerprint density at radius 2 is 1.81 bits per heavy atom. The lowest BCUT2D eigenvalue weighted by Gasteiger charge is -2.16. The van der Waals surface area contributed by atoms with E-state index in [0.717, 1.165) is 29.2 Å². The molecule has 4 aromatic rings. The Bertz CT molecular complexity index is 1370. The van der Waals surface area contributed by atoms with Crippen LogP contribution in [0.5, 0.6) is 11.5 Å². The molecule has 7 nitrogen and oxygen atoms in total. The van der Waals surface area contributed by atoms with Crippen LogP contribution in [0.25, 0.3) is 11.0 Å². The molecule has 2 heterocycles. The van der Waals surface area contributed by atoms with Gasteiger partial charge in [0.1, 0.15) is 17.2 Å². The van der Waals surface area contributed by atoms with Crippen LogP contribution < -0.4 is 15.4 Å². The van der Waals surface area contributed by atoms with Crippen molar-refractivity contribution >= 4 is 28.6 Å². The molecule has 192 valence electrons. The maximum atomic E-state index is 12.1.